The summed E-state index contributed by atoms with van der Waals surface area (Å²) in [5, 5.41) is 16.3. The SMILES string of the molecule is CC[C@@H](C)c1nc2ccc(Br)cc2c(=O)n1N=Cc1cc([N+](=O)[O-])ccc1OCc1ccc2c(c1)OCO2. The van der Waals surface area contributed by atoms with Crippen LogP contribution in [0.2, 0.25) is 0 Å². The molecule has 0 saturated carbocycles. The third kappa shape index (κ3) is 5.10. The Hall–Kier alpha value is -4.25. The lowest BCUT2D eigenvalue weighted by Gasteiger charge is -2.14. The Balaban J connectivity index is 1.53. The number of aromatic nitrogens is 2. The first-order chi connectivity index (χ1) is 18.3. The molecular weight excluding hydrogens is 556 g/mol. The summed E-state index contributed by atoms with van der Waals surface area (Å²) < 4.78 is 18.8. The molecule has 4 aromatic rings. The molecule has 10 nitrogen and oxygen atoms in total. The van der Waals surface area contributed by atoms with Crippen LogP contribution < -0.4 is 19.8 Å². The molecule has 0 unspecified atom stereocenters. The number of fused-ring (bicyclic) bond motifs is 2. The molecular formula is C27H23BrN4O6. The summed E-state index contributed by atoms with van der Waals surface area (Å²) in [6, 6.07) is 15.0. The third-order valence-corrected chi connectivity index (χ3v) is 6.73. The van der Waals surface area contributed by atoms with Gasteiger partial charge in [-0.2, -0.15) is 9.78 Å². The number of nitro benzene ring substituents is 1. The van der Waals surface area contributed by atoms with Crippen molar-refractivity contribution in [3.8, 4) is 17.2 Å². The van der Waals surface area contributed by atoms with Gasteiger partial charge in [-0.15, -0.1) is 0 Å². The summed E-state index contributed by atoms with van der Waals surface area (Å²) in [7, 11) is 0. The second-order valence-corrected chi connectivity index (χ2v) is 9.67. The lowest BCUT2D eigenvalue weighted by molar-refractivity contribution is -0.384. The van der Waals surface area contributed by atoms with Gasteiger partial charge in [-0.25, -0.2) is 4.98 Å². The number of nitro groups is 1. The fourth-order valence-electron chi connectivity index (χ4n) is 3.97. The van der Waals surface area contributed by atoms with E-state index in [1.54, 1.807) is 18.2 Å². The zero-order chi connectivity index (χ0) is 26.8. The lowest BCUT2D eigenvalue weighted by Crippen LogP contribution is -2.23. The van der Waals surface area contributed by atoms with Gasteiger partial charge in [0.25, 0.3) is 11.2 Å². The van der Waals surface area contributed by atoms with Crippen molar-refractivity contribution in [2.75, 3.05) is 6.79 Å². The Morgan fingerprint density at radius 2 is 2.00 bits per heavy atom. The highest BCUT2D eigenvalue weighted by Gasteiger charge is 2.17. The molecule has 11 heteroatoms. The van der Waals surface area contributed by atoms with Crippen LogP contribution in [0.25, 0.3) is 10.9 Å². The second kappa shape index (κ2) is 10.6. The van der Waals surface area contributed by atoms with Crippen LogP contribution >= 0.6 is 15.9 Å². The minimum Gasteiger partial charge on any atom is -0.488 e. The van der Waals surface area contributed by atoms with E-state index in [1.807, 2.05) is 32.0 Å². The molecule has 0 bridgehead atoms. The molecule has 38 heavy (non-hydrogen) atoms. The maximum absolute atomic E-state index is 13.4. The minimum absolute atomic E-state index is 0.0558. The van der Waals surface area contributed by atoms with Crippen LogP contribution in [0.5, 0.6) is 17.2 Å². The fourth-order valence-corrected chi connectivity index (χ4v) is 4.33. The van der Waals surface area contributed by atoms with Crippen LogP contribution in [0.15, 0.2) is 69.0 Å². The number of hydrogen-bond acceptors (Lipinski definition) is 8. The van der Waals surface area contributed by atoms with Crippen molar-refractivity contribution in [1.82, 2.24) is 9.66 Å². The van der Waals surface area contributed by atoms with E-state index in [1.165, 1.54) is 29.1 Å². The van der Waals surface area contributed by atoms with Crippen molar-refractivity contribution in [1.29, 1.82) is 0 Å². The van der Waals surface area contributed by atoms with Crippen LogP contribution in [-0.2, 0) is 6.61 Å². The first kappa shape index (κ1) is 25.4. The van der Waals surface area contributed by atoms with Crippen LogP contribution in [0.1, 0.15) is 43.1 Å². The van der Waals surface area contributed by atoms with Crippen molar-refractivity contribution < 1.29 is 19.1 Å². The van der Waals surface area contributed by atoms with Crippen LogP contribution in [0.3, 0.4) is 0 Å². The topological polar surface area (TPSA) is 118 Å². The highest BCUT2D eigenvalue weighted by Crippen LogP contribution is 2.33. The standard InChI is InChI=1S/C27H23BrN4O6/c1-3-16(2)26-30-22-7-5-19(28)12-21(22)27(33)31(26)29-13-18-11-20(32(34)35)6-9-23(18)36-14-17-4-8-24-25(10-17)38-15-37-24/h4-13,16H,3,14-15H2,1-2H3/t16-/m1/s1. The fraction of sp³-hybridized carbons (Fsp3) is 0.222. The molecule has 5 rings (SSSR count). The van der Waals surface area contributed by atoms with E-state index in [4.69, 9.17) is 19.2 Å². The molecule has 0 saturated heterocycles. The monoisotopic (exact) mass is 578 g/mol. The number of halogens is 1. The Morgan fingerprint density at radius 1 is 1.18 bits per heavy atom. The van der Waals surface area contributed by atoms with Gasteiger partial charge < -0.3 is 14.2 Å². The second-order valence-electron chi connectivity index (χ2n) is 8.76. The number of benzene rings is 3. The van der Waals surface area contributed by atoms with Gasteiger partial charge in [-0.3, -0.25) is 14.9 Å². The number of non-ortho nitro benzene ring substituents is 1. The minimum atomic E-state index is -0.495. The molecule has 3 aromatic carbocycles. The van der Waals surface area contributed by atoms with Gasteiger partial charge in [0.05, 0.1) is 22.0 Å². The number of rotatable bonds is 8. The lowest BCUT2D eigenvalue weighted by atomic mass is 10.1. The van der Waals surface area contributed by atoms with Crippen LogP contribution in [-0.4, -0.2) is 27.6 Å². The average molecular weight is 579 g/mol. The van der Waals surface area contributed by atoms with E-state index in [0.717, 1.165) is 16.5 Å². The normalized spacial score (nSPS) is 13.2. The summed E-state index contributed by atoms with van der Waals surface area (Å²) in [5.41, 5.74) is 1.28. The zero-order valence-electron chi connectivity index (χ0n) is 20.6. The molecule has 0 spiro atoms. The van der Waals surface area contributed by atoms with E-state index < -0.39 is 4.92 Å². The molecule has 0 fully saturated rings. The molecule has 1 aromatic heterocycles. The van der Waals surface area contributed by atoms with E-state index in [9.17, 15) is 14.9 Å². The van der Waals surface area contributed by atoms with Crippen LogP contribution in [0, 0.1) is 10.1 Å². The summed E-state index contributed by atoms with van der Waals surface area (Å²) in [4.78, 5) is 29.1. The van der Waals surface area contributed by atoms with E-state index in [2.05, 4.69) is 21.0 Å². The summed E-state index contributed by atoms with van der Waals surface area (Å²) in [6.45, 7) is 4.31. The van der Waals surface area contributed by atoms with E-state index >= 15 is 0 Å². The zero-order valence-corrected chi connectivity index (χ0v) is 22.2. The predicted octanol–water partition coefficient (Wildman–Crippen LogP) is 5.77. The van der Waals surface area contributed by atoms with Gasteiger partial charge in [0.1, 0.15) is 18.2 Å². The molecule has 1 atom stereocenters. The summed E-state index contributed by atoms with van der Waals surface area (Å²) in [6.07, 6.45) is 2.13. The Kier molecular flexibility index (Phi) is 7.10. The average Bonchev–Trinajstić information content (AvgIpc) is 3.39. The quantitative estimate of drug-likeness (QED) is 0.148. The Morgan fingerprint density at radius 3 is 2.79 bits per heavy atom. The molecule has 194 valence electrons. The maximum Gasteiger partial charge on any atom is 0.282 e. The van der Waals surface area contributed by atoms with Gasteiger partial charge in [-0.1, -0.05) is 35.8 Å². The van der Waals surface area contributed by atoms with Crippen molar-refractivity contribution in [3.05, 3.63) is 96.5 Å². The van der Waals surface area contributed by atoms with Crippen molar-refractivity contribution in [2.45, 2.75) is 32.8 Å². The molecule has 0 amide bonds. The van der Waals surface area contributed by atoms with Crippen molar-refractivity contribution in [3.63, 3.8) is 0 Å². The van der Waals surface area contributed by atoms with Gasteiger partial charge in [0.2, 0.25) is 6.79 Å². The number of hydrogen-bond donors (Lipinski definition) is 0. The molecule has 2 heterocycles. The van der Waals surface area contributed by atoms with Gasteiger partial charge in [0, 0.05) is 28.1 Å². The van der Waals surface area contributed by atoms with E-state index in [-0.39, 0.29) is 30.6 Å². The van der Waals surface area contributed by atoms with Gasteiger partial charge in [0.15, 0.2) is 11.5 Å². The summed E-state index contributed by atoms with van der Waals surface area (Å²) in [5.74, 6) is 2.10. The Bertz CT molecular complexity index is 1630. The van der Waals surface area contributed by atoms with E-state index in [0.29, 0.717) is 39.5 Å². The predicted molar refractivity (Wildman–Crippen MR) is 145 cm³/mol. The van der Waals surface area contributed by atoms with Crippen molar-refractivity contribution in [2.24, 2.45) is 5.10 Å². The first-order valence-electron chi connectivity index (χ1n) is 11.9. The highest BCUT2D eigenvalue weighted by atomic mass is 79.9. The molecule has 0 radical (unpaired) electrons. The Labute approximate surface area is 225 Å². The third-order valence-electron chi connectivity index (χ3n) is 6.23. The largest absolute Gasteiger partial charge is 0.488 e. The van der Waals surface area contributed by atoms with Crippen molar-refractivity contribution >= 4 is 38.7 Å². The van der Waals surface area contributed by atoms with Gasteiger partial charge in [-0.05, 0) is 48.4 Å². The number of ether oxygens (including phenoxy) is 3. The molecule has 0 N–H and O–H groups in total. The maximum atomic E-state index is 13.4. The smallest absolute Gasteiger partial charge is 0.282 e. The highest BCUT2D eigenvalue weighted by molar-refractivity contribution is 9.10. The summed E-state index contributed by atoms with van der Waals surface area (Å²) >= 11 is 3.40. The van der Waals surface area contributed by atoms with Crippen LogP contribution in [0.4, 0.5) is 5.69 Å². The molecule has 1 aliphatic rings. The van der Waals surface area contributed by atoms with Gasteiger partial charge >= 0.3 is 0 Å². The molecule has 1 aliphatic heterocycles. The molecule has 0 aliphatic carbocycles. The first-order valence-corrected chi connectivity index (χ1v) is 12.7. The number of nitrogens with zero attached hydrogens (tertiary/aromatic N) is 4.